The molecule has 0 spiro atoms. The van der Waals surface area contributed by atoms with E-state index in [4.69, 9.17) is 4.74 Å². The number of allylic oxidation sites excluding steroid dienone is 2. The first kappa shape index (κ1) is 22.0. The second-order valence-electron chi connectivity index (χ2n) is 8.76. The molecule has 0 atom stereocenters. The van der Waals surface area contributed by atoms with E-state index in [1.807, 2.05) is 6.92 Å². The van der Waals surface area contributed by atoms with Gasteiger partial charge in [0.05, 0.1) is 5.41 Å². The molecule has 0 N–H and O–H groups in total. The second kappa shape index (κ2) is 11.5. The maximum atomic E-state index is 13.2. The van der Waals surface area contributed by atoms with Crippen molar-refractivity contribution in [2.24, 2.45) is 17.3 Å². The first-order chi connectivity index (χ1) is 13.2. The molecule has 0 radical (unpaired) electrons. The SMILES string of the molecule is CC/C=C(/C#N)OC(=O)C1(C2CCC(CCCCCC)CC2)CCCCC1. The molecule has 3 heteroatoms. The van der Waals surface area contributed by atoms with Crippen LogP contribution in [-0.2, 0) is 9.53 Å². The lowest BCUT2D eigenvalue weighted by Crippen LogP contribution is -2.43. The molecule has 2 aliphatic carbocycles. The van der Waals surface area contributed by atoms with Gasteiger partial charge in [-0.2, -0.15) is 5.26 Å². The molecule has 2 saturated carbocycles. The lowest BCUT2D eigenvalue weighted by Gasteiger charge is -2.44. The molecule has 0 aromatic rings. The third-order valence-corrected chi connectivity index (χ3v) is 6.95. The van der Waals surface area contributed by atoms with Crippen molar-refractivity contribution in [3.8, 4) is 6.07 Å². The van der Waals surface area contributed by atoms with Crippen molar-refractivity contribution in [1.82, 2.24) is 0 Å². The number of carbonyl (C=O) groups is 1. The molecule has 0 amide bonds. The summed E-state index contributed by atoms with van der Waals surface area (Å²) in [5.74, 6) is 1.37. The van der Waals surface area contributed by atoms with E-state index in [9.17, 15) is 10.1 Å². The molecular formula is C24H39NO2. The molecule has 0 saturated heterocycles. The van der Waals surface area contributed by atoms with Crippen molar-refractivity contribution in [3.63, 3.8) is 0 Å². The van der Waals surface area contributed by atoms with Gasteiger partial charge in [-0.3, -0.25) is 4.79 Å². The van der Waals surface area contributed by atoms with Gasteiger partial charge in [0.1, 0.15) is 6.07 Å². The summed E-state index contributed by atoms with van der Waals surface area (Å²) in [7, 11) is 0. The first-order valence-electron chi connectivity index (χ1n) is 11.5. The second-order valence-corrected chi connectivity index (χ2v) is 8.76. The fourth-order valence-corrected chi connectivity index (χ4v) is 5.32. The highest BCUT2D eigenvalue weighted by Gasteiger charge is 2.48. The number of ether oxygens (including phenoxy) is 1. The predicted molar refractivity (Wildman–Crippen MR) is 110 cm³/mol. The van der Waals surface area contributed by atoms with Gasteiger partial charge in [0, 0.05) is 0 Å². The van der Waals surface area contributed by atoms with Gasteiger partial charge < -0.3 is 4.74 Å². The maximum absolute atomic E-state index is 13.2. The van der Waals surface area contributed by atoms with Crippen molar-refractivity contribution >= 4 is 5.97 Å². The highest BCUT2D eigenvalue weighted by Crippen LogP contribution is 2.50. The topological polar surface area (TPSA) is 50.1 Å². The number of hydrogen-bond donors (Lipinski definition) is 0. The molecule has 3 nitrogen and oxygen atoms in total. The van der Waals surface area contributed by atoms with Crippen molar-refractivity contribution in [3.05, 3.63) is 11.8 Å². The van der Waals surface area contributed by atoms with Crippen LogP contribution in [0, 0.1) is 28.6 Å². The molecule has 152 valence electrons. The van der Waals surface area contributed by atoms with E-state index in [0.717, 1.165) is 44.4 Å². The maximum Gasteiger partial charge on any atom is 0.318 e. The number of carbonyl (C=O) groups excluding carboxylic acids is 1. The summed E-state index contributed by atoms with van der Waals surface area (Å²) in [6.07, 6.45) is 19.4. The monoisotopic (exact) mass is 373 g/mol. The Morgan fingerprint density at radius 1 is 1.07 bits per heavy atom. The van der Waals surface area contributed by atoms with Gasteiger partial charge >= 0.3 is 5.97 Å². The number of nitriles is 1. The normalized spacial score (nSPS) is 25.6. The quantitative estimate of drug-likeness (QED) is 0.188. The molecule has 2 aliphatic rings. The summed E-state index contributed by atoms with van der Waals surface area (Å²) in [4.78, 5) is 13.2. The van der Waals surface area contributed by atoms with Crippen LogP contribution < -0.4 is 0 Å². The Morgan fingerprint density at radius 3 is 2.37 bits per heavy atom. The summed E-state index contributed by atoms with van der Waals surface area (Å²) < 4.78 is 5.62. The van der Waals surface area contributed by atoms with E-state index < -0.39 is 0 Å². The Bertz CT molecular complexity index is 517. The van der Waals surface area contributed by atoms with E-state index in [1.54, 1.807) is 6.08 Å². The molecule has 0 bridgehead atoms. The zero-order valence-electron chi connectivity index (χ0n) is 17.6. The van der Waals surface area contributed by atoms with Crippen LogP contribution >= 0.6 is 0 Å². The van der Waals surface area contributed by atoms with Crippen molar-refractivity contribution in [2.75, 3.05) is 0 Å². The van der Waals surface area contributed by atoms with E-state index in [2.05, 4.69) is 13.0 Å². The summed E-state index contributed by atoms with van der Waals surface area (Å²) in [6.45, 7) is 4.23. The minimum absolute atomic E-state index is 0.116. The Labute approximate surface area is 166 Å². The van der Waals surface area contributed by atoms with E-state index in [-0.39, 0.29) is 17.1 Å². The average Bonchev–Trinajstić information content (AvgIpc) is 2.71. The number of rotatable bonds is 9. The van der Waals surface area contributed by atoms with Crippen LogP contribution in [0.25, 0.3) is 0 Å². The zero-order chi connectivity index (χ0) is 19.5. The Morgan fingerprint density at radius 2 is 1.78 bits per heavy atom. The van der Waals surface area contributed by atoms with Crippen molar-refractivity contribution in [1.29, 1.82) is 5.26 Å². The lowest BCUT2D eigenvalue weighted by molar-refractivity contribution is -0.159. The third kappa shape index (κ3) is 6.09. The standard InChI is InChI=1S/C24H39NO2/c1-3-5-6-8-12-20-13-15-21(16-14-20)24(17-9-7-10-18-24)23(26)27-22(19-25)11-4-2/h11,20-21H,3-10,12-18H2,1-2H3/b22-11-. The van der Waals surface area contributed by atoms with Crippen LogP contribution in [0.4, 0.5) is 0 Å². The predicted octanol–water partition coefficient (Wildman–Crippen LogP) is 7.07. The summed E-state index contributed by atoms with van der Waals surface area (Å²) in [5, 5.41) is 9.26. The number of unbranched alkanes of at least 4 members (excludes halogenated alkanes) is 3. The molecule has 27 heavy (non-hydrogen) atoms. The van der Waals surface area contributed by atoms with Crippen LogP contribution in [0.3, 0.4) is 0 Å². The van der Waals surface area contributed by atoms with Gasteiger partial charge in [0.25, 0.3) is 0 Å². The Balaban J connectivity index is 1.97. The smallest absolute Gasteiger partial charge is 0.318 e. The van der Waals surface area contributed by atoms with Gasteiger partial charge in [0.15, 0.2) is 0 Å². The molecular weight excluding hydrogens is 334 g/mol. The van der Waals surface area contributed by atoms with Gasteiger partial charge in [-0.25, -0.2) is 0 Å². The average molecular weight is 374 g/mol. The van der Waals surface area contributed by atoms with Crippen LogP contribution in [-0.4, -0.2) is 5.97 Å². The Hall–Kier alpha value is -1.30. The number of hydrogen-bond acceptors (Lipinski definition) is 3. The first-order valence-corrected chi connectivity index (χ1v) is 11.5. The molecule has 0 aromatic heterocycles. The largest absolute Gasteiger partial charge is 0.415 e. The van der Waals surface area contributed by atoms with Crippen molar-refractivity contribution in [2.45, 2.75) is 110 Å². The molecule has 0 aliphatic heterocycles. The lowest BCUT2D eigenvalue weighted by atomic mass is 9.60. The highest BCUT2D eigenvalue weighted by molar-refractivity contribution is 5.78. The summed E-state index contributed by atoms with van der Waals surface area (Å²) in [5.41, 5.74) is -0.338. The van der Waals surface area contributed by atoms with Crippen LogP contribution in [0.1, 0.15) is 110 Å². The van der Waals surface area contributed by atoms with Crippen molar-refractivity contribution < 1.29 is 9.53 Å². The Kier molecular flexibility index (Phi) is 9.39. The fraction of sp³-hybridized carbons (Fsp3) is 0.833. The molecule has 0 aromatic carbocycles. The highest BCUT2D eigenvalue weighted by atomic mass is 16.5. The van der Waals surface area contributed by atoms with Gasteiger partial charge in [-0.15, -0.1) is 0 Å². The molecule has 0 heterocycles. The fourth-order valence-electron chi connectivity index (χ4n) is 5.32. The number of esters is 1. The minimum atomic E-state index is -0.338. The minimum Gasteiger partial charge on any atom is -0.415 e. The van der Waals surface area contributed by atoms with Gasteiger partial charge in [0.2, 0.25) is 5.76 Å². The van der Waals surface area contributed by atoms with Gasteiger partial charge in [-0.1, -0.05) is 78.1 Å². The van der Waals surface area contributed by atoms with Crippen LogP contribution in [0.5, 0.6) is 0 Å². The molecule has 2 fully saturated rings. The van der Waals surface area contributed by atoms with Gasteiger partial charge in [-0.05, 0) is 50.0 Å². The van der Waals surface area contributed by atoms with E-state index >= 15 is 0 Å². The van der Waals surface area contributed by atoms with Crippen LogP contribution in [0.15, 0.2) is 11.8 Å². The van der Waals surface area contributed by atoms with E-state index in [1.165, 1.54) is 51.4 Å². The molecule has 0 unspecified atom stereocenters. The van der Waals surface area contributed by atoms with E-state index in [0.29, 0.717) is 12.3 Å². The number of nitrogens with zero attached hydrogens (tertiary/aromatic N) is 1. The third-order valence-electron chi connectivity index (χ3n) is 6.95. The van der Waals surface area contributed by atoms with Crippen LogP contribution in [0.2, 0.25) is 0 Å². The summed E-state index contributed by atoms with van der Waals surface area (Å²) >= 11 is 0. The molecule has 2 rings (SSSR count). The zero-order valence-corrected chi connectivity index (χ0v) is 17.6. The summed E-state index contributed by atoms with van der Waals surface area (Å²) in [6, 6.07) is 2.05.